The average molecular weight is 1400 g/mol. The lowest BCUT2D eigenvalue weighted by Gasteiger charge is -2.50. The molecule has 0 aromatic rings. The summed E-state index contributed by atoms with van der Waals surface area (Å²) in [6.07, 6.45) is -76.5. The Kier molecular flexibility index (Phi) is 29.6. The van der Waals surface area contributed by atoms with Crippen molar-refractivity contribution in [3.05, 3.63) is 0 Å². The molecule has 7 heterocycles. The van der Waals surface area contributed by atoms with Crippen LogP contribution in [-0.2, 0) is 75.9 Å². The maximum Gasteiger partial charge on any atom is 0.217 e. The molecule has 0 saturated carbocycles. The van der Waals surface area contributed by atoms with Gasteiger partial charge in [-0.2, -0.15) is 0 Å². The summed E-state index contributed by atoms with van der Waals surface area (Å²) in [5, 5.41) is 275. The first-order valence-corrected chi connectivity index (χ1v) is 30.1. The zero-order valence-corrected chi connectivity index (χ0v) is 50.6. The van der Waals surface area contributed by atoms with Crippen LogP contribution in [0.5, 0.6) is 0 Å². The highest BCUT2D eigenvalue weighted by molar-refractivity contribution is 5.73. The van der Waals surface area contributed by atoms with Crippen molar-refractivity contribution >= 4 is 11.8 Å². The molecule has 0 aliphatic carbocycles. The highest BCUT2D eigenvalue weighted by Crippen LogP contribution is 2.38. The van der Waals surface area contributed by atoms with Crippen molar-refractivity contribution in [1.82, 2.24) is 10.6 Å². The van der Waals surface area contributed by atoms with E-state index in [1.165, 1.54) is 0 Å². The van der Waals surface area contributed by atoms with E-state index in [4.69, 9.17) is 66.3 Å². The van der Waals surface area contributed by atoms with Crippen molar-refractivity contribution in [3.8, 4) is 0 Å². The van der Waals surface area contributed by atoms with E-state index in [1.54, 1.807) is 0 Å². The van der Waals surface area contributed by atoms with Gasteiger partial charge >= 0.3 is 0 Å². The van der Waals surface area contributed by atoms with Gasteiger partial charge < -0.3 is 205 Å². The second-order valence-electron chi connectivity index (χ2n) is 23.7. The lowest BCUT2D eigenvalue weighted by molar-refractivity contribution is -0.397. The Morgan fingerprint density at radius 1 is 0.358 bits per heavy atom. The number of rotatable bonds is 28. The van der Waals surface area contributed by atoms with Gasteiger partial charge in [0.1, 0.15) is 189 Å². The number of nitrogens with one attached hydrogen (secondary N) is 2. The minimum Gasteiger partial charge on any atom is -0.394 e. The van der Waals surface area contributed by atoms with Gasteiger partial charge in [0.15, 0.2) is 44.0 Å². The van der Waals surface area contributed by atoms with Crippen molar-refractivity contribution in [2.45, 2.75) is 253 Å². The number of aliphatic hydroxyl groups excluding tert-OH is 25. The molecule has 95 heavy (non-hydrogen) atoms. The van der Waals surface area contributed by atoms with Crippen LogP contribution in [0.15, 0.2) is 0 Å². The highest BCUT2D eigenvalue weighted by Gasteiger charge is 2.59. The molecule has 0 unspecified atom stereocenters. The summed E-state index contributed by atoms with van der Waals surface area (Å²) in [6.45, 7) is -7.46. The van der Waals surface area contributed by atoms with Crippen molar-refractivity contribution in [2.24, 2.45) is 0 Å². The largest absolute Gasteiger partial charge is 0.394 e. The SMILES string of the molecule is CC(=O)N[C@H]1[C@H](O[C@@H]([C@H](O)[C@H](CO)NC(C)=O)[C@H](O)CO)O[C@H](CO)[C@@H](O[C@@H]2O[C@H](CO[C@H]3O[C@H](CO[C@H]4O[C@H](CO)[C@@H](O)[C@H](O)[C@@H]4O[C@H]4O[C@H](CO)[C@@H](O)[C@H](O)[C@@H]4O)[C@@H](O)[C@H](O)[C@@H]3O)[C@@H](O)[C@H](O[C@H]3O[C@H](CO)[C@@H](O)[C@H](O)[C@@H]3O[C@H]3O[C@H](CO)[C@@H](O)[C@H](O)[C@@H]3O)[C@@H]2O)[C@@H]1O. The number of carbonyl (C=O) groups excluding carboxylic acids is 2. The van der Waals surface area contributed by atoms with Gasteiger partial charge in [-0.05, 0) is 0 Å². The van der Waals surface area contributed by atoms with Gasteiger partial charge in [0.05, 0.1) is 65.5 Å². The Morgan fingerprint density at radius 2 is 0.726 bits per heavy atom. The quantitative estimate of drug-likeness (QED) is 0.0346. The first kappa shape index (κ1) is 79.7. The summed E-state index contributed by atoms with van der Waals surface area (Å²) in [5.41, 5.74) is 0. The molecular formula is C52H90N2O41. The van der Waals surface area contributed by atoms with E-state index in [2.05, 4.69) is 10.6 Å². The van der Waals surface area contributed by atoms with E-state index < -0.39 is 311 Å². The lowest BCUT2D eigenvalue weighted by atomic mass is 9.94. The fraction of sp³-hybridized carbons (Fsp3) is 0.962. The van der Waals surface area contributed by atoms with E-state index >= 15 is 0 Å². The number of hydrogen-bond donors (Lipinski definition) is 27. The number of amides is 2. The Morgan fingerprint density at radius 3 is 1.19 bits per heavy atom. The lowest BCUT2D eigenvalue weighted by Crippen LogP contribution is -2.69. The molecule has 7 aliphatic heterocycles. The summed E-state index contributed by atoms with van der Waals surface area (Å²) >= 11 is 0. The fourth-order valence-electron chi connectivity index (χ4n) is 11.6. The topological polar surface area (TPSA) is 693 Å². The summed E-state index contributed by atoms with van der Waals surface area (Å²) in [5.74, 6) is -1.73. The van der Waals surface area contributed by atoms with E-state index in [-0.39, 0.29) is 0 Å². The third-order valence-corrected chi connectivity index (χ3v) is 17.1. The molecule has 554 valence electrons. The van der Waals surface area contributed by atoms with Crippen LogP contribution >= 0.6 is 0 Å². The third-order valence-electron chi connectivity index (χ3n) is 17.1. The molecule has 7 fully saturated rings. The van der Waals surface area contributed by atoms with Gasteiger partial charge in [0.25, 0.3) is 0 Å². The zero-order valence-electron chi connectivity index (χ0n) is 50.6. The molecular weight excluding hydrogens is 1310 g/mol. The Labute approximate surface area is 537 Å². The smallest absolute Gasteiger partial charge is 0.217 e. The maximum absolute atomic E-state index is 12.8. The number of hydrogen-bond acceptors (Lipinski definition) is 41. The van der Waals surface area contributed by atoms with Gasteiger partial charge in [-0.25, -0.2) is 0 Å². The summed E-state index contributed by atoms with van der Waals surface area (Å²) in [6, 6.07) is -3.52. The number of carbonyl (C=O) groups is 2. The van der Waals surface area contributed by atoms with Gasteiger partial charge in [0.2, 0.25) is 11.8 Å². The summed E-state index contributed by atoms with van der Waals surface area (Å²) in [7, 11) is 0. The van der Waals surface area contributed by atoms with E-state index in [9.17, 15) is 137 Å². The number of ether oxygens (including phenoxy) is 14. The molecule has 43 nitrogen and oxygen atoms in total. The van der Waals surface area contributed by atoms with Gasteiger partial charge in [-0.15, -0.1) is 0 Å². The average Bonchev–Trinajstić information content (AvgIpc) is 0.784. The van der Waals surface area contributed by atoms with Crippen molar-refractivity contribution in [2.75, 3.05) is 59.5 Å². The van der Waals surface area contributed by atoms with Crippen LogP contribution in [-0.4, -0.2) is 438 Å². The van der Waals surface area contributed by atoms with Crippen LogP contribution in [0.3, 0.4) is 0 Å². The van der Waals surface area contributed by atoms with Crippen LogP contribution in [0.4, 0.5) is 0 Å². The Balaban J connectivity index is 1.18. The molecule has 0 radical (unpaired) electrons. The maximum atomic E-state index is 12.8. The molecule has 2 amide bonds. The van der Waals surface area contributed by atoms with Crippen LogP contribution in [0.1, 0.15) is 13.8 Å². The van der Waals surface area contributed by atoms with Crippen molar-refractivity contribution in [1.29, 1.82) is 0 Å². The Bertz CT molecular complexity index is 2330. The second-order valence-corrected chi connectivity index (χ2v) is 23.7. The van der Waals surface area contributed by atoms with Gasteiger partial charge in [0, 0.05) is 13.8 Å². The second kappa shape index (κ2) is 35.3. The minimum atomic E-state index is -2.48. The van der Waals surface area contributed by atoms with Gasteiger partial charge in [-0.1, -0.05) is 0 Å². The molecule has 0 aromatic heterocycles. The normalized spacial score (nSPS) is 47.3. The summed E-state index contributed by atoms with van der Waals surface area (Å²) in [4.78, 5) is 24.7. The Hall–Kier alpha value is -2.62. The fourth-order valence-corrected chi connectivity index (χ4v) is 11.6. The highest BCUT2D eigenvalue weighted by atomic mass is 16.8. The predicted octanol–water partition coefficient (Wildman–Crippen LogP) is -18.5. The minimum absolute atomic E-state index is 0.785. The molecule has 7 aliphatic rings. The van der Waals surface area contributed by atoms with Crippen LogP contribution < -0.4 is 10.6 Å². The monoisotopic (exact) mass is 1400 g/mol. The molecule has 39 atom stereocenters. The molecule has 0 bridgehead atoms. The van der Waals surface area contributed by atoms with Crippen molar-refractivity contribution < 1.29 is 204 Å². The van der Waals surface area contributed by atoms with Crippen LogP contribution in [0.2, 0.25) is 0 Å². The number of aliphatic hydroxyl groups is 25. The molecule has 7 rings (SSSR count). The first-order chi connectivity index (χ1) is 44.9. The van der Waals surface area contributed by atoms with Crippen molar-refractivity contribution in [3.63, 3.8) is 0 Å². The van der Waals surface area contributed by atoms with Crippen LogP contribution in [0.25, 0.3) is 0 Å². The molecule has 7 saturated heterocycles. The standard InChI is InChI=1S/C52H90N2O41/c1-12(62)53-14(3-55)24(65)41(15(64)4-56)91-46-23(54-13(2)63)31(72)42(20(9-61)88-46)92-50-40(81)43(93-52-45(36(77)28(69)19(8-60)87-52)95-49-39(80)33(74)26(67)17(6-58)85-49)30(71)22(90-50)11-82-47-37(78)34(75)29(70)21(89-47)10-83-51-44(35(76)27(68)18(7-59)86-51)94-48-38(79)32(73)25(66)16(5-57)84-48/h14-52,55-61,64-81H,3-11H2,1-2H3,(H,53,62)(H,54,63)/t14-,15+,16+,17+,18+,19+,20+,21+,22+,23+,24+,25+,26+,27+,28+,29+,30+,31+,32-,33-,34-,35-,36-,37-,38-,39-,40-,41+,42+,43-,44-,45-,46-,47-,48+,49+,50-,51-,52+/m0/s1. The van der Waals surface area contributed by atoms with E-state index in [1.807, 2.05) is 0 Å². The van der Waals surface area contributed by atoms with Crippen LogP contribution in [0, 0.1) is 0 Å². The van der Waals surface area contributed by atoms with Gasteiger partial charge in [-0.3, -0.25) is 9.59 Å². The zero-order chi connectivity index (χ0) is 70.3. The molecule has 27 N–H and O–H groups in total. The third kappa shape index (κ3) is 18.0. The molecule has 0 aromatic carbocycles. The first-order valence-electron chi connectivity index (χ1n) is 30.1. The summed E-state index contributed by atoms with van der Waals surface area (Å²) < 4.78 is 80.7. The van der Waals surface area contributed by atoms with E-state index in [0.29, 0.717) is 0 Å². The molecule has 43 heteroatoms. The predicted molar refractivity (Wildman–Crippen MR) is 290 cm³/mol. The van der Waals surface area contributed by atoms with E-state index in [0.717, 1.165) is 13.8 Å². The molecule has 0 spiro atoms.